The average molecular weight is 532 g/mol. The van der Waals surface area contributed by atoms with E-state index < -0.39 is 17.9 Å². The summed E-state index contributed by atoms with van der Waals surface area (Å²) in [5.41, 5.74) is 5.78. The van der Waals surface area contributed by atoms with Crippen molar-refractivity contribution < 1.29 is 19.5 Å². The number of nitrogens with one attached hydrogen (secondary N) is 1. The molecule has 2 amide bonds. The summed E-state index contributed by atoms with van der Waals surface area (Å²) in [6.07, 6.45) is 2.07. The summed E-state index contributed by atoms with van der Waals surface area (Å²) >= 11 is 1.52. The van der Waals surface area contributed by atoms with E-state index in [4.69, 9.17) is 0 Å². The van der Waals surface area contributed by atoms with Crippen molar-refractivity contribution in [2.75, 3.05) is 0 Å². The highest BCUT2D eigenvalue weighted by molar-refractivity contribution is 7.13. The Hall–Kier alpha value is -3.52. The molecule has 8 heteroatoms. The van der Waals surface area contributed by atoms with Crippen LogP contribution in [0.25, 0.3) is 10.4 Å². The molecule has 2 aromatic carbocycles. The molecule has 2 N–H and O–H groups in total. The minimum absolute atomic E-state index is 0.0223. The molecule has 2 aliphatic rings. The average Bonchev–Trinajstić information content (AvgIpc) is 3.63. The molecule has 38 heavy (non-hydrogen) atoms. The van der Waals surface area contributed by atoms with Gasteiger partial charge in [-0.15, -0.1) is 11.3 Å². The number of ketones is 1. The summed E-state index contributed by atoms with van der Waals surface area (Å²) in [6.45, 7) is 6.45. The van der Waals surface area contributed by atoms with Crippen molar-refractivity contribution in [3.8, 4) is 16.2 Å². The largest absolute Gasteiger partial charge is 0.508 e. The van der Waals surface area contributed by atoms with Crippen molar-refractivity contribution in [1.29, 1.82) is 0 Å². The molecule has 0 saturated heterocycles. The van der Waals surface area contributed by atoms with E-state index >= 15 is 0 Å². The second-order valence-corrected chi connectivity index (χ2v) is 11.5. The molecule has 0 radical (unpaired) electrons. The molecular weight excluding hydrogens is 498 g/mol. The Kier molecular flexibility index (Phi) is 7.34. The van der Waals surface area contributed by atoms with E-state index in [1.54, 1.807) is 16.5 Å². The van der Waals surface area contributed by atoms with Crippen molar-refractivity contribution in [2.45, 2.75) is 59.2 Å². The van der Waals surface area contributed by atoms with Gasteiger partial charge >= 0.3 is 0 Å². The van der Waals surface area contributed by atoms with Crippen molar-refractivity contribution in [3.63, 3.8) is 0 Å². The summed E-state index contributed by atoms with van der Waals surface area (Å²) in [5, 5.41) is 13.5. The van der Waals surface area contributed by atoms with Crippen LogP contribution < -0.4 is 5.32 Å². The molecule has 5 rings (SSSR count). The quantitative estimate of drug-likeness (QED) is 0.421. The maximum Gasteiger partial charge on any atom is 0.255 e. The topological polar surface area (TPSA) is 99.6 Å². The molecule has 3 atom stereocenters. The number of phenolic OH excluding ortho intramolecular Hbond substituents is 1. The van der Waals surface area contributed by atoms with Crippen LogP contribution in [-0.2, 0) is 22.7 Å². The summed E-state index contributed by atoms with van der Waals surface area (Å²) in [7, 11) is 0. The number of hydrogen-bond donors (Lipinski definition) is 2. The van der Waals surface area contributed by atoms with Gasteiger partial charge in [0.05, 0.1) is 22.1 Å². The molecule has 7 nitrogen and oxygen atoms in total. The molecule has 1 unspecified atom stereocenters. The number of nitrogens with zero attached hydrogens (tertiary/aromatic N) is 2. The number of aromatic hydroxyl groups is 1. The number of Topliss-reactive ketones (excluding diaryl/α,β-unsaturated/α-hetero) is 1. The molecule has 3 aromatic rings. The lowest BCUT2D eigenvalue weighted by atomic mass is 9.83. The van der Waals surface area contributed by atoms with Gasteiger partial charge in [-0.3, -0.25) is 14.4 Å². The van der Waals surface area contributed by atoms with Crippen LogP contribution in [0.15, 0.2) is 48.0 Å². The fourth-order valence-electron chi connectivity index (χ4n) is 5.92. The third-order valence-electron chi connectivity index (χ3n) is 7.87. The number of thiazole rings is 1. The summed E-state index contributed by atoms with van der Waals surface area (Å²) < 4.78 is 0. The van der Waals surface area contributed by atoms with Gasteiger partial charge < -0.3 is 15.3 Å². The summed E-state index contributed by atoms with van der Waals surface area (Å²) in [6, 6.07) is 12.4. The Morgan fingerprint density at radius 1 is 1.16 bits per heavy atom. The van der Waals surface area contributed by atoms with E-state index in [9.17, 15) is 19.5 Å². The number of rotatable bonds is 8. The van der Waals surface area contributed by atoms with Crippen LogP contribution in [0.3, 0.4) is 0 Å². The zero-order chi connectivity index (χ0) is 27.0. The summed E-state index contributed by atoms with van der Waals surface area (Å²) in [5.74, 6) is -1.13. The highest BCUT2D eigenvalue weighted by Gasteiger charge is 2.45. The highest BCUT2D eigenvalue weighted by Crippen LogP contribution is 2.37. The maximum atomic E-state index is 13.9. The minimum atomic E-state index is -0.569. The molecule has 198 valence electrons. The molecule has 1 aromatic heterocycles. The smallest absolute Gasteiger partial charge is 0.255 e. The van der Waals surface area contributed by atoms with Crippen molar-refractivity contribution in [2.24, 2.45) is 17.8 Å². The first kappa shape index (κ1) is 26.1. The van der Waals surface area contributed by atoms with Crippen LogP contribution in [0.1, 0.15) is 60.3 Å². The molecular formula is C30H33N3O4S. The van der Waals surface area contributed by atoms with Crippen molar-refractivity contribution >= 4 is 28.9 Å². The first-order chi connectivity index (χ1) is 18.3. The van der Waals surface area contributed by atoms with Crippen LogP contribution in [0.2, 0.25) is 0 Å². The Balaban J connectivity index is 1.27. The lowest BCUT2D eigenvalue weighted by molar-refractivity contribution is -0.136. The fraction of sp³-hybridized carbons (Fsp3) is 0.400. The van der Waals surface area contributed by atoms with Crippen LogP contribution in [0.4, 0.5) is 0 Å². The van der Waals surface area contributed by atoms with Gasteiger partial charge in [0.25, 0.3) is 5.91 Å². The van der Waals surface area contributed by atoms with Gasteiger partial charge in [0.15, 0.2) is 5.78 Å². The van der Waals surface area contributed by atoms with Crippen molar-refractivity contribution in [3.05, 3.63) is 70.4 Å². The lowest BCUT2D eigenvalue weighted by Crippen LogP contribution is -2.49. The summed E-state index contributed by atoms with van der Waals surface area (Å²) in [4.78, 5) is 47.3. The molecule has 0 bridgehead atoms. The number of fused-ring (bicyclic) bond motifs is 1. The Bertz CT molecular complexity index is 1380. The Labute approximate surface area is 226 Å². The monoisotopic (exact) mass is 531 g/mol. The van der Waals surface area contributed by atoms with Gasteiger partial charge in [0, 0.05) is 36.1 Å². The number of aryl methyl sites for hydroxylation is 1. The van der Waals surface area contributed by atoms with Gasteiger partial charge in [0.1, 0.15) is 5.75 Å². The molecule has 0 spiro atoms. The number of carbonyl (C=O) groups is 3. The number of hydrogen-bond acceptors (Lipinski definition) is 6. The molecule has 1 saturated carbocycles. The van der Waals surface area contributed by atoms with E-state index in [0.717, 1.165) is 28.1 Å². The number of aromatic nitrogens is 1. The van der Waals surface area contributed by atoms with Gasteiger partial charge in [-0.1, -0.05) is 50.6 Å². The number of amides is 2. The van der Waals surface area contributed by atoms with Crippen LogP contribution >= 0.6 is 11.3 Å². The molecule has 2 heterocycles. The van der Waals surface area contributed by atoms with Gasteiger partial charge in [-0.05, 0) is 48.9 Å². The highest BCUT2D eigenvalue weighted by atomic mass is 32.1. The number of benzene rings is 2. The van der Waals surface area contributed by atoms with Crippen LogP contribution in [0.5, 0.6) is 5.75 Å². The van der Waals surface area contributed by atoms with E-state index in [1.165, 1.54) is 11.3 Å². The SMILES string of the molecule is Cc1ncsc1-c1ccc(CNC(=O)[C@@H]2CCCC2C(=O)[C@H](C(C)C)N2Cc3ccccc3C2=O)c(O)c1. The van der Waals surface area contributed by atoms with E-state index in [2.05, 4.69) is 10.3 Å². The maximum absolute atomic E-state index is 13.9. The predicted molar refractivity (Wildman–Crippen MR) is 147 cm³/mol. The normalized spacial score (nSPS) is 19.6. The number of phenols is 1. The molecule has 1 fully saturated rings. The lowest BCUT2D eigenvalue weighted by Gasteiger charge is -2.33. The first-order valence-electron chi connectivity index (χ1n) is 13.2. The fourth-order valence-corrected chi connectivity index (χ4v) is 6.73. The zero-order valence-electron chi connectivity index (χ0n) is 21.9. The van der Waals surface area contributed by atoms with E-state index in [0.29, 0.717) is 30.5 Å². The molecule has 1 aliphatic heterocycles. The van der Waals surface area contributed by atoms with E-state index in [1.807, 2.05) is 57.2 Å². The van der Waals surface area contributed by atoms with E-state index in [-0.39, 0.29) is 35.8 Å². The van der Waals surface area contributed by atoms with Gasteiger partial charge in [-0.25, -0.2) is 4.98 Å². The second-order valence-electron chi connectivity index (χ2n) is 10.7. The second kappa shape index (κ2) is 10.7. The predicted octanol–water partition coefficient (Wildman–Crippen LogP) is 5.11. The first-order valence-corrected chi connectivity index (χ1v) is 14.1. The van der Waals surface area contributed by atoms with Gasteiger partial charge in [0.2, 0.25) is 5.91 Å². The Morgan fingerprint density at radius 2 is 1.92 bits per heavy atom. The van der Waals surface area contributed by atoms with Crippen LogP contribution in [0, 0.1) is 24.7 Å². The third-order valence-corrected chi connectivity index (χ3v) is 8.85. The molecule has 1 aliphatic carbocycles. The van der Waals surface area contributed by atoms with Gasteiger partial charge in [-0.2, -0.15) is 0 Å². The standard InChI is InChI=1S/C30H33N3O4S/c1-17(2)26(33-15-21-7-4-5-8-22(21)30(33)37)27(35)23-9-6-10-24(23)29(36)31-14-20-12-11-19(13-25(20)34)28-18(3)32-16-38-28/h4-5,7-8,11-13,16-17,23-24,26,34H,6,9-10,14-15H2,1-3H3,(H,31,36)/t23?,24-,26+/m1/s1. The Morgan fingerprint density at radius 3 is 2.61 bits per heavy atom. The third kappa shape index (κ3) is 4.85. The minimum Gasteiger partial charge on any atom is -0.508 e. The zero-order valence-corrected chi connectivity index (χ0v) is 22.8. The number of carbonyl (C=O) groups excluding carboxylic acids is 3. The van der Waals surface area contributed by atoms with Crippen LogP contribution in [-0.4, -0.2) is 38.6 Å². The van der Waals surface area contributed by atoms with Crippen molar-refractivity contribution in [1.82, 2.24) is 15.2 Å².